The van der Waals surface area contributed by atoms with Crippen molar-refractivity contribution in [3.8, 4) is 0 Å². The summed E-state index contributed by atoms with van der Waals surface area (Å²) in [5.74, 6) is 0.809. The molecule has 1 fully saturated rings. The van der Waals surface area contributed by atoms with Crippen molar-refractivity contribution in [3.05, 3.63) is 5.01 Å². The maximum atomic E-state index is 4.30. The second kappa shape index (κ2) is 6.75. The summed E-state index contributed by atoms with van der Waals surface area (Å²) in [7, 11) is 0. The summed E-state index contributed by atoms with van der Waals surface area (Å²) in [5, 5.41) is 13.8. The van der Waals surface area contributed by atoms with Gasteiger partial charge in [0.1, 0.15) is 5.01 Å². The van der Waals surface area contributed by atoms with Gasteiger partial charge in [0.25, 0.3) is 0 Å². The van der Waals surface area contributed by atoms with Crippen LogP contribution < -0.4 is 5.32 Å². The molecule has 1 heterocycles. The molecule has 1 N–H and O–H groups in total. The molecule has 0 amide bonds. The molecule has 2 rings (SSSR count). The molecule has 20 heavy (non-hydrogen) atoms. The number of rotatable bonds is 4. The zero-order valence-corrected chi connectivity index (χ0v) is 14.9. The van der Waals surface area contributed by atoms with E-state index in [-0.39, 0.29) is 0 Å². The predicted molar refractivity (Wildman–Crippen MR) is 88.6 cm³/mol. The van der Waals surface area contributed by atoms with Crippen molar-refractivity contribution in [2.24, 2.45) is 11.3 Å². The average Bonchev–Trinajstić information content (AvgIpc) is 2.76. The first-order valence-corrected chi connectivity index (χ1v) is 9.30. The van der Waals surface area contributed by atoms with E-state index < -0.39 is 0 Å². The summed E-state index contributed by atoms with van der Waals surface area (Å²) < 4.78 is 1.13. The lowest BCUT2D eigenvalue weighted by Gasteiger charge is -2.41. The summed E-state index contributed by atoms with van der Waals surface area (Å²) in [5.41, 5.74) is 0.410. The number of aryl methyl sites for hydroxylation is 1. The van der Waals surface area contributed by atoms with Gasteiger partial charge in [-0.05, 0) is 44.1 Å². The molecule has 3 atom stereocenters. The first-order valence-electron chi connectivity index (χ1n) is 7.60. The summed E-state index contributed by atoms with van der Waals surface area (Å²) in [6, 6.07) is 0.618. The van der Waals surface area contributed by atoms with Crippen LogP contribution in [0.4, 0.5) is 0 Å². The third kappa shape index (κ3) is 4.18. The van der Waals surface area contributed by atoms with Crippen LogP contribution in [0.25, 0.3) is 0 Å². The largest absolute Gasteiger partial charge is 0.313 e. The van der Waals surface area contributed by atoms with Crippen LogP contribution in [0, 0.1) is 18.3 Å². The van der Waals surface area contributed by atoms with Crippen LogP contribution in [-0.2, 0) is 0 Å². The fourth-order valence-electron chi connectivity index (χ4n) is 3.00. The van der Waals surface area contributed by atoms with Gasteiger partial charge in [-0.2, -0.15) is 0 Å². The molecule has 5 heteroatoms. The van der Waals surface area contributed by atoms with Gasteiger partial charge in [-0.1, -0.05) is 50.8 Å². The SMILES string of the molecule is CCNC1CCC(C(C)(C)C)CC1Sc1nnc(C)s1. The summed E-state index contributed by atoms with van der Waals surface area (Å²) in [6.45, 7) is 12.4. The van der Waals surface area contributed by atoms with E-state index >= 15 is 0 Å². The van der Waals surface area contributed by atoms with Crippen LogP contribution in [0.2, 0.25) is 0 Å². The molecule has 0 bridgehead atoms. The van der Waals surface area contributed by atoms with Gasteiger partial charge >= 0.3 is 0 Å². The van der Waals surface area contributed by atoms with E-state index in [1.165, 1.54) is 19.3 Å². The smallest absolute Gasteiger partial charge is 0.174 e. The minimum atomic E-state index is 0.410. The number of hydrogen-bond donors (Lipinski definition) is 1. The summed E-state index contributed by atoms with van der Waals surface area (Å²) in [6.07, 6.45) is 3.91. The van der Waals surface area contributed by atoms with Crippen molar-refractivity contribution < 1.29 is 0 Å². The molecule has 0 spiro atoms. The van der Waals surface area contributed by atoms with Gasteiger partial charge in [-0.3, -0.25) is 0 Å². The average molecular weight is 314 g/mol. The Hall–Kier alpha value is -0.130. The van der Waals surface area contributed by atoms with E-state index in [2.05, 4.69) is 43.2 Å². The standard InChI is InChI=1S/C15H27N3S2/c1-6-16-12-8-7-11(15(3,4)5)9-13(12)20-14-18-17-10(2)19-14/h11-13,16H,6-9H2,1-5H3. The summed E-state index contributed by atoms with van der Waals surface area (Å²) in [4.78, 5) is 0. The second-order valence-corrected chi connectivity index (χ2v) is 9.45. The van der Waals surface area contributed by atoms with Crippen LogP contribution in [0.1, 0.15) is 52.0 Å². The van der Waals surface area contributed by atoms with E-state index in [0.717, 1.165) is 21.8 Å². The Kier molecular flexibility index (Phi) is 5.49. The third-order valence-electron chi connectivity index (χ3n) is 4.24. The number of aromatic nitrogens is 2. The van der Waals surface area contributed by atoms with Crippen LogP contribution in [0.15, 0.2) is 4.34 Å². The molecule has 1 saturated carbocycles. The highest BCUT2D eigenvalue weighted by molar-refractivity contribution is 8.01. The molecule has 1 aromatic heterocycles. The highest BCUT2D eigenvalue weighted by atomic mass is 32.2. The Morgan fingerprint density at radius 1 is 1.30 bits per heavy atom. The summed E-state index contributed by atoms with van der Waals surface area (Å²) >= 11 is 3.66. The maximum Gasteiger partial charge on any atom is 0.174 e. The minimum Gasteiger partial charge on any atom is -0.313 e. The van der Waals surface area contributed by atoms with E-state index in [1.54, 1.807) is 11.3 Å². The van der Waals surface area contributed by atoms with Crippen LogP contribution in [0.5, 0.6) is 0 Å². The van der Waals surface area contributed by atoms with Crippen molar-refractivity contribution in [2.75, 3.05) is 6.54 Å². The first-order chi connectivity index (χ1) is 9.40. The Labute approximate surface area is 131 Å². The van der Waals surface area contributed by atoms with Gasteiger partial charge in [0.05, 0.1) is 0 Å². The molecule has 0 radical (unpaired) electrons. The molecule has 1 aliphatic rings. The predicted octanol–water partition coefficient (Wildman–Crippen LogP) is 4.13. The number of nitrogens with zero attached hydrogens (tertiary/aromatic N) is 2. The van der Waals surface area contributed by atoms with Crippen molar-refractivity contribution in [1.29, 1.82) is 0 Å². The lowest BCUT2D eigenvalue weighted by molar-refractivity contribution is 0.165. The van der Waals surface area contributed by atoms with Crippen LogP contribution in [0.3, 0.4) is 0 Å². The highest BCUT2D eigenvalue weighted by Crippen LogP contribution is 2.43. The normalized spacial score (nSPS) is 27.8. The molecule has 0 saturated heterocycles. The van der Waals surface area contributed by atoms with Crippen LogP contribution >= 0.6 is 23.1 Å². The van der Waals surface area contributed by atoms with Gasteiger partial charge in [0.15, 0.2) is 4.34 Å². The fourth-order valence-corrected chi connectivity index (χ4v) is 5.41. The quantitative estimate of drug-likeness (QED) is 0.907. The van der Waals surface area contributed by atoms with Gasteiger partial charge in [-0.25, -0.2) is 0 Å². The topological polar surface area (TPSA) is 37.8 Å². The zero-order valence-electron chi connectivity index (χ0n) is 13.3. The molecule has 1 aliphatic carbocycles. The minimum absolute atomic E-state index is 0.410. The Morgan fingerprint density at radius 2 is 2.05 bits per heavy atom. The van der Waals surface area contributed by atoms with Gasteiger partial charge in [0, 0.05) is 11.3 Å². The van der Waals surface area contributed by atoms with Crippen molar-refractivity contribution >= 4 is 23.1 Å². The van der Waals surface area contributed by atoms with Gasteiger partial charge in [0.2, 0.25) is 0 Å². The molecule has 1 aromatic rings. The Bertz CT molecular complexity index is 425. The third-order valence-corrected chi connectivity index (χ3v) is 6.52. The van der Waals surface area contributed by atoms with Gasteiger partial charge in [-0.15, -0.1) is 10.2 Å². The second-order valence-electron chi connectivity index (χ2n) is 6.78. The van der Waals surface area contributed by atoms with E-state index in [9.17, 15) is 0 Å². The first kappa shape index (κ1) is 16.2. The molecular formula is C15H27N3S2. The van der Waals surface area contributed by atoms with E-state index in [0.29, 0.717) is 16.7 Å². The highest BCUT2D eigenvalue weighted by Gasteiger charge is 2.36. The number of nitrogens with one attached hydrogen (secondary N) is 1. The van der Waals surface area contributed by atoms with Crippen LogP contribution in [-0.4, -0.2) is 28.0 Å². The van der Waals surface area contributed by atoms with E-state index in [4.69, 9.17) is 0 Å². The fraction of sp³-hybridized carbons (Fsp3) is 0.867. The maximum absolute atomic E-state index is 4.30. The lowest BCUT2D eigenvalue weighted by atomic mass is 9.71. The van der Waals surface area contributed by atoms with Gasteiger partial charge < -0.3 is 5.32 Å². The van der Waals surface area contributed by atoms with Crippen molar-refractivity contribution in [3.63, 3.8) is 0 Å². The number of thioether (sulfide) groups is 1. The Balaban J connectivity index is 2.06. The monoisotopic (exact) mass is 313 g/mol. The molecule has 114 valence electrons. The van der Waals surface area contributed by atoms with E-state index in [1.807, 2.05) is 18.7 Å². The molecule has 3 unspecified atom stereocenters. The molecule has 0 aromatic carbocycles. The zero-order chi connectivity index (χ0) is 14.8. The molecule has 3 nitrogen and oxygen atoms in total. The lowest BCUT2D eigenvalue weighted by Crippen LogP contribution is -2.44. The van der Waals surface area contributed by atoms with Crippen molar-refractivity contribution in [2.45, 2.75) is 69.5 Å². The Morgan fingerprint density at radius 3 is 2.60 bits per heavy atom. The molecule has 0 aliphatic heterocycles. The number of hydrogen-bond acceptors (Lipinski definition) is 5. The molecular weight excluding hydrogens is 286 g/mol. The van der Waals surface area contributed by atoms with Crippen molar-refractivity contribution in [1.82, 2.24) is 15.5 Å².